The van der Waals surface area contributed by atoms with Crippen LogP contribution < -0.4 is 5.32 Å². The monoisotopic (exact) mass is 339 g/mol. The highest BCUT2D eigenvalue weighted by molar-refractivity contribution is 9.10. The third kappa shape index (κ3) is 3.27. The fraction of sp³-hybridized carbons (Fsp3) is 0.0714. The highest BCUT2D eigenvalue weighted by atomic mass is 79.9. The normalized spacial score (nSPS) is 11.9. The van der Waals surface area contributed by atoms with Gasteiger partial charge in [-0.2, -0.15) is 0 Å². The molecule has 2 aromatic rings. The molecule has 2 rings (SSSR count). The maximum absolute atomic E-state index is 13.3. The van der Waals surface area contributed by atoms with E-state index in [9.17, 15) is 19.4 Å². The summed E-state index contributed by atoms with van der Waals surface area (Å²) in [6, 6.07) is 9.02. The van der Waals surface area contributed by atoms with Crippen LogP contribution in [0.5, 0.6) is 5.75 Å². The zero-order valence-corrected chi connectivity index (χ0v) is 11.8. The second-order valence-electron chi connectivity index (χ2n) is 4.14. The molecule has 0 saturated carbocycles. The summed E-state index contributed by atoms with van der Waals surface area (Å²) in [6.07, 6.45) is 0. The van der Waals surface area contributed by atoms with E-state index in [1.165, 1.54) is 6.07 Å². The number of halogens is 2. The van der Waals surface area contributed by atoms with Gasteiger partial charge < -0.3 is 15.5 Å². The fourth-order valence-electron chi connectivity index (χ4n) is 1.78. The van der Waals surface area contributed by atoms with Crippen molar-refractivity contribution in [1.82, 2.24) is 0 Å². The Morgan fingerprint density at radius 2 is 1.95 bits per heavy atom. The number of aliphatic carboxylic acids is 1. The second kappa shape index (κ2) is 5.92. The SMILES string of the molecule is O=C(O)C(Nc1ccccc1Br)c1cc(O)cc(F)c1. The van der Waals surface area contributed by atoms with E-state index in [0.717, 1.165) is 12.1 Å². The predicted octanol–water partition coefficient (Wildman–Crippen LogP) is 3.53. The topological polar surface area (TPSA) is 69.6 Å². The van der Waals surface area contributed by atoms with E-state index in [2.05, 4.69) is 21.2 Å². The Morgan fingerprint density at radius 3 is 2.55 bits per heavy atom. The number of nitrogens with one attached hydrogen (secondary N) is 1. The van der Waals surface area contributed by atoms with Gasteiger partial charge in [-0.25, -0.2) is 9.18 Å². The third-order valence-corrected chi connectivity index (χ3v) is 3.35. The molecular formula is C14H11BrFNO3. The van der Waals surface area contributed by atoms with Crippen molar-refractivity contribution in [3.63, 3.8) is 0 Å². The van der Waals surface area contributed by atoms with Crippen LogP contribution in [0.2, 0.25) is 0 Å². The summed E-state index contributed by atoms with van der Waals surface area (Å²) in [4.78, 5) is 11.4. The van der Waals surface area contributed by atoms with Crippen molar-refractivity contribution in [2.45, 2.75) is 6.04 Å². The molecular weight excluding hydrogens is 329 g/mol. The molecule has 104 valence electrons. The zero-order valence-electron chi connectivity index (χ0n) is 10.2. The molecule has 0 amide bonds. The van der Waals surface area contributed by atoms with Crippen molar-refractivity contribution in [2.24, 2.45) is 0 Å². The van der Waals surface area contributed by atoms with E-state index in [0.29, 0.717) is 10.2 Å². The smallest absolute Gasteiger partial charge is 0.330 e. The predicted molar refractivity (Wildman–Crippen MR) is 76.2 cm³/mol. The molecule has 20 heavy (non-hydrogen) atoms. The molecule has 6 heteroatoms. The number of benzene rings is 2. The summed E-state index contributed by atoms with van der Waals surface area (Å²) >= 11 is 3.30. The van der Waals surface area contributed by atoms with Gasteiger partial charge in [-0.15, -0.1) is 0 Å². The first-order chi connectivity index (χ1) is 9.47. The van der Waals surface area contributed by atoms with Crippen LogP contribution in [0.1, 0.15) is 11.6 Å². The molecule has 0 fully saturated rings. The highest BCUT2D eigenvalue weighted by Crippen LogP contribution is 2.28. The second-order valence-corrected chi connectivity index (χ2v) is 4.99. The third-order valence-electron chi connectivity index (χ3n) is 2.66. The number of carboxylic acid groups (broad SMARTS) is 1. The average Bonchev–Trinajstić information content (AvgIpc) is 2.36. The van der Waals surface area contributed by atoms with Crippen LogP contribution in [-0.4, -0.2) is 16.2 Å². The van der Waals surface area contributed by atoms with Gasteiger partial charge in [0.1, 0.15) is 11.6 Å². The summed E-state index contributed by atoms with van der Waals surface area (Å²) in [5.41, 5.74) is 0.689. The van der Waals surface area contributed by atoms with Gasteiger partial charge in [0.05, 0.1) is 0 Å². The number of rotatable bonds is 4. The van der Waals surface area contributed by atoms with E-state index >= 15 is 0 Å². The minimum atomic E-state index is -1.18. The summed E-state index contributed by atoms with van der Waals surface area (Å²) in [7, 11) is 0. The first kappa shape index (κ1) is 14.3. The van der Waals surface area contributed by atoms with E-state index in [4.69, 9.17) is 0 Å². The largest absolute Gasteiger partial charge is 0.508 e. The lowest BCUT2D eigenvalue weighted by Crippen LogP contribution is -2.20. The number of hydrogen-bond acceptors (Lipinski definition) is 3. The first-order valence-electron chi connectivity index (χ1n) is 5.70. The van der Waals surface area contributed by atoms with Crippen molar-refractivity contribution in [3.05, 3.63) is 58.3 Å². The minimum absolute atomic E-state index is 0.130. The zero-order chi connectivity index (χ0) is 14.7. The molecule has 0 spiro atoms. The molecule has 4 nitrogen and oxygen atoms in total. The van der Waals surface area contributed by atoms with Crippen LogP contribution in [0.15, 0.2) is 46.9 Å². The number of phenols is 1. The van der Waals surface area contributed by atoms with Gasteiger partial charge in [0.25, 0.3) is 0 Å². The maximum Gasteiger partial charge on any atom is 0.330 e. The van der Waals surface area contributed by atoms with Gasteiger partial charge in [0, 0.05) is 16.2 Å². The molecule has 3 N–H and O–H groups in total. The van der Waals surface area contributed by atoms with E-state index in [-0.39, 0.29) is 11.3 Å². The van der Waals surface area contributed by atoms with Crippen molar-refractivity contribution < 1.29 is 19.4 Å². The van der Waals surface area contributed by atoms with E-state index < -0.39 is 17.8 Å². The van der Waals surface area contributed by atoms with Gasteiger partial charge in [0.2, 0.25) is 0 Å². The van der Waals surface area contributed by atoms with Crippen LogP contribution in [0, 0.1) is 5.82 Å². The first-order valence-corrected chi connectivity index (χ1v) is 6.50. The van der Waals surface area contributed by atoms with Crippen molar-refractivity contribution in [3.8, 4) is 5.75 Å². The quantitative estimate of drug-likeness (QED) is 0.796. The lowest BCUT2D eigenvalue weighted by Gasteiger charge is -2.17. The van der Waals surface area contributed by atoms with Crippen molar-refractivity contribution >= 4 is 27.6 Å². The molecule has 0 aliphatic heterocycles. The lowest BCUT2D eigenvalue weighted by atomic mass is 10.1. The molecule has 0 heterocycles. The molecule has 1 unspecified atom stereocenters. The Balaban J connectivity index is 2.37. The molecule has 0 saturated heterocycles. The van der Waals surface area contributed by atoms with Gasteiger partial charge in [-0.3, -0.25) is 0 Å². The number of anilines is 1. The molecule has 1 atom stereocenters. The Morgan fingerprint density at radius 1 is 1.25 bits per heavy atom. The minimum Gasteiger partial charge on any atom is -0.508 e. The van der Waals surface area contributed by atoms with Crippen LogP contribution in [0.3, 0.4) is 0 Å². The molecule has 0 aliphatic rings. The van der Waals surface area contributed by atoms with E-state index in [1.807, 2.05) is 0 Å². The Kier molecular flexibility index (Phi) is 4.24. The molecule has 2 aromatic carbocycles. The van der Waals surface area contributed by atoms with Gasteiger partial charge in [-0.1, -0.05) is 12.1 Å². The van der Waals surface area contributed by atoms with Gasteiger partial charge in [0.15, 0.2) is 6.04 Å². The Labute approximate surface area is 123 Å². The number of para-hydroxylation sites is 1. The Hall–Kier alpha value is -2.08. The summed E-state index contributed by atoms with van der Waals surface area (Å²) in [5.74, 6) is -2.19. The summed E-state index contributed by atoms with van der Waals surface area (Å²) in [5, 5.41) is 21.4. The van der Waals surface area contributed by atoms with Crippen molar-refractivity contribution in [1.29, 1.82) is 0 Å². The summed E-state index contributed by atoms with van der Waals surface area (Å²) < 4.78 is 14.0. The number of aromatic hydroxyl groups is 1. The summed E-state index contributed by atoms with van der Waals surface area (Å²) in [6.45, 7) is 0. The van der Waals surface area contributed by atoms with Gasteiger partial charge in [-0.05, 0) is 45.8 Å². The molecule has 0 bridgehead atoms. The number of carbonyl (C=O) groups is 1. The molecule has 0 aromatic heterocycles. The molecule has 0 radical (unpaired) electrons. The number of hydrogen-bond donors (Lipinski definition) is 3. The van der Waals surface area contributed by atoms with E-state index in [1.54, 1.807) is 24.3 Å². The Bertz CT molecular complexity index is 628. The van der Waals surface area contributed by atoms with Crippen molar-refractivity contribution in [2.75, 3.05) is 5.32 Å². The maximum atomic E-state index is 13.3. The van der Waals surface area contributed by atoms with Gasteiger partial charge >= 0.3 is 5.97 Å². The van der Waals surface area contributed by atoms with Crippen LogP contribution >= 0.6 is 15.9 Å². The lowest BCUT2D eigenvalue weighted by molar-refractivity contribution is -0.138. The standard InChI is InChI=1S/C14H11BrFNO3/c15-11-3-1-2-4-12(11)17-13(14(19)20)8-5-9(16)7-10(18)6-8/h1-7,13,17-18H,(H,19,20). The molecule has 0 aliphatic carbocycles. The fourth-order valence-corrected chi connectivity index (χ4v) is 2.18. The van der Waals surface area contributed by atoms with Crippen LogP contribution in [-0.2, 0) is 4.79 Å². The van der Waals surface area contributed by atoms with Crippen LogP contribution in [0.4, 0.5) is 10.1 Å². The number of phenolic OH excluding ortho intramolecular Hbond substituents is 1. The van der Waals surface area contributed by atoms with Crippen LogP contribution in [0.25, 0.3) is 0 Å². The average molecular weight is 340 g/mol. The number of carboxylic acids is 1. The highest BCUT2D eigenvalue weighted by Gasteiger charge is 2.21.